The summed E-state index contributed by atoms with van der Waals surface area (Å²) in [5, 5.41) is 9.15. The fourth-order valence-electron chi connectivity index (χ4n) is 1.87. The molecule has 0 heterocycles. The first-order chi connectivity index (χ1) is 7.97. The average molecular weight is 236 g/mol. The molecule has 1 rings (SSSR count). The highest BCUT2D eigenvalue weighted by atomic mass is 16.4. The maximum atomic E-state index is 11.2. The Morgan fingerprint density at radius 3 is 2.71 bits per heavy atom. The van der Waals surface area contributed by atoms with E-state index in [0.29, 0.717) is 23.0 Å². The molecule has 1 aromatic rings. The number of rotatable bonds is 5. The van der Waals surface area contributed by atoms with Gasteiger partial charge in [0.1, 0.15) is 0 Å². The Labute approximate surface area is 102 Å². The van der Waals surface area contributed by atoms with Crippen LogP contribution >= 0.6 is 0 Å². The van der Waals surface area contributed by atoms with E-state index < -0.39 is 5.97 Å². The molecule has 0 bridgehead atoms. The van der Waals surface area contributed by atoms with Gasteiger partial charge < -0.3 is 15.7 Å². The molecule has 0 saturated carbocycles. The number of hydrogen-bond acceptors (Lipinski definition) is 3. The summed E-state index contributed by atoms with van der Waals surface area (Å²) in [4.78, 5) is 13.1. The van der Waals surface area contributed by atoms with E-state index in [0.717, 1.165) is 12.8 Å². The van der Waals surface area contributed by atoms with Crippen LogP contribution in [-0.4, -0.2) is 24.2 Å². The van der Waals surface area contributed by atoms with E-state index in [1.165, 1.54) is 0 Å². The Morgan fingerprint density at radius 2 is 2.18 bits per heavy atom. The van der Waals surface area contributed by atoms with Crippen LogP contribution in [0.3, 0.4) is 0 Å². The lowest BCUT2D eigenvalue weighted by molar-refractivity contribution is 0.0697. The summed E-state index contributed by atoms with van der Waals surface area (Å²) in [5.41, 5.74) is 7.28. The van der Waals surface area contributed by atoms with Crippen LogP contribution < -0.4 is 10.6 Å². The molecule has 0 aliphatic carbocycles. The zero-order chi connectivity index (χ0) is 13.0. The van der Waals surface area contributed by atoms with E-state index in [4.69, 9.17) is 10.8 Å². The normalized spacial score (nSPS) is 12.2. The minimum absolute atomic E-state index is 0.292. The largest absolute Gasteiger partial charge is 0.478 e. The third-order valence-corrected chi connectivity index (χ3v) is 3.00. The number of nitrogens with two attached hydrogens (primary N) is 1. The highest BCUT2D eigenvalue weighted by Crippen LogP contribution is 2.25. The van der Waals surface area contributed by atoms with E-state index in [2.05, 4.69) is 13.8 Å². The number of hydrogen-bond donors (Lipinski definition) is 2. The van der Waals surface area contributed by atoms with Gasteiger partial charge >= 0.3 is 5.97 Å². The van der Waals surface area contributed by atoms with Gasteiger partial charge in [-0.3, -0.25) is 0 Å². The van der Waals surface area contributed by atoms with Gasteiger partial charge in [-0.05, 0) is 31.5 Å². The molecule has 17 heavy (non-hydrogen) atoms. The van der Waals surface area contributed by atoms with Gasteiger partial charge in [0.15, 0.2) is 0 Å². The second-order valence-corrected chi connectivity index (χ2v) is 4.33. The molecule has 0 spiro atoms. The standard InChI is InChI=1S/C13H20N2O2/c1-4-5-9(2)15(3)12-8-10(14)6-7-11(12)13(16)17/h6-9H,4-5,14H2,1-3H3,(H,16,17). The van der Waals surface area contributed by atoms with E-state index in [1.54, 1.807) is 18.2 Å². The Morgan fingerprint density at radius 1 is 1.53 bits per heavy atom. The predicted molar refractivity (Wildman–Crippen MR) is 70.6 cm³/mol. The van der Waals surface area contributed by atoms with Crippen LogP contribution in [-0.2, 0) is 0 Å². The number of benzene rings is 1. The quantitative estimate of drug-likeness (QED) is 0.771. The molecule has 0 aromatic heterocycles. The monoisotopic (exact) mass is 236 g/mol. The maximum absolute atomic E-state index is 11.2. The van der Waals surface area contributed by atoms with Gasteiger partial charge in [0.25, 0.3) is 0 Å². The van der Waals surface area contributed by atoms with Crippen molar-refractivity contribution in [3.05, 3.63) is 23.8 Å². The summed E-state index contributed by atoms with van der Waals surface area (Å²) in [5.74, 6) is -0.921. The molecule has 3 N–H and O–H groups in total. The zero-order valence-electron chi connectivity index (χ0n) is 10.6. The van der Waals surface area contributed by atoms with Gasteiger partial charge in [-0.1, -0.05) is 13.3 Å². The topological polar surface area (TPSA) is 66.6 Å². The molecule has 0 amide bonds. The molecule has 0 aliphatic rings. The number of carboxylic acids is 1. The van der Waals surface area contributed by atoms with Crippen molar-refractivity contribution in [2.24, 2.45) is 0 Å². The number of carbonyl (C=O) groups is 1. The minimum atomic E-state index is -0.921. The van der Waals surface area contributed by atoms with Crippen LogP contribution in [0.1, 0.15) is 37.0 Å². The number of nitrogens with zero attached hydrogens (tertiary/aromatic N) is 1. The minimum Gasteiger partial charge on any atom is -0.478 e. The summed E-state index contributed by atoms with van der Waals surface area (Å²) in [6, 6.07) is 5.18. The van der Waals surface area contributed by atoms with E-state index >= 15 is 0 Å². The third kappa shape index (κ3) is 3.12. The number of carboxylic acid groups (broad SMARTS) is 1. The lowest BCUT2D eigenvalue weighted by Crippen LogP contribution is -2.30. The molecule has 4 heteroatoms. The van der Waals surface area contributed by atoms with Gasteiger partial charge in [0, 0.05) is 18.8 Å². The molecule has 1 unspecified atom stereocenters. The van der Waals surface area contributed by atoms with Crippen molar-refractivity contribution in [3.8, 4) is 0 Å². The molecular formula is C13H20N2O2. The van der Waals surface area contributed by atoms with Gasteiger partial charge in [0.2, 0.25) is 0 Å². The Hall–Kier alpha value is -1.71. The smallest absolute Gasteiger partial charge is 0.337 e. The van der Waals surface area contributed by atoms with Gasteiger partial charge in [-0.2, -0.15) is 0 Å². The summed E-state index contributed by atoms with van der Waals surface area (Å²) in [6.07, 6.45) is 2.08. The number of nitrogen functional groups attached to an aromatic ring is 1. The molecule has 0 aliphatic heterocycles. The van der Waals surface area contributed by atoms with Crippen LogP contribution in [0.4, 0.5) is 11.4 Å². The van der Waals surface area contributed by atoms with E-state index in [-0.39, 0.29) is 0 Å². The average Bonchev–Trinajstić information content (AvgIpc) is 2.27. The zero-order valence-corrected chi connectivity index (χ0v) is 10.6. The van der Waals surface area contributed by atoms with Crippen LogP contribution in [0.25, 0.3) is 0 Å². The molecule has 0 saturated heterocycles. The second kappa shape index (κ2) is 5.57. The van der Waals surface area contributed by atoms with Crippen LogP contribution in [0.5, 0.6) is 0 Å². The third-order valence-electron chi connectivity index (χ3n) is 3.00. The van der Waals surface area contributed by atoms with Crippen molar-refractivity contribution in [2.45, 2.75) is 32.7 Å². The fourth-order valence-corrected chi connectivity index (χ4v) is 1.87. The van der Waals surface area contributed by atoms with E-state index in [9.17, 15) is 4.79 Å². The first-order valence-corrected chi connectivity index (χ1v) is 5.83. The molecule has 1 atom stereocenters. The van der Waals surface area contributed by atoms with Gasteiger partial charge in [-0.15, -0.1) is 0 Å². The first-order valence-electron chi connectivity index (χ1n) is 5.83. The Balaban J connectivity index is 3.10. The molecule has 1 aromatic carbocycles. The van der Waals surface area contributed by atoms with Crippen molar-refractivity contribution in [3.63, 3.8) is 0 Å². The van der Waals surface area contributed by atoms with Gasteiger partial charge in [-0.25, -0.2) is 4.79 Å². The highest BCUT2D eigenvalue weighted by Gasteiger charge is 2.17. The number of anilines is 2. The van der Waals surface area contributed by atoms with Crippen LogP contribution in [0.15, 0.2) is 18.2 Å². The van der Waals surface area contributed by atoms with Crippen molar-refractivity contribution in [2.75, 3.05) is 17.7 Å². The lowest BCUT2D eigenvalue weighted by Gasteiger charge is -2.28. The van der Waals surface area contributed by atoms with E-state index in [1.807, 2.05) is 11.9 Å². The summed E-state index contributed by atoms with van der Waals surface area (Å²) < 4.78 is 0. The van der Waals surface area contributed by atoms with Crippen LogP contribution in [0, 0.1) is 0 Å². The molecule has 0 fully saturated rings. The Bertz CT molecular complexity index is 404. The maximum Gasteiger partial charge on any atom is 0.337 e. The predicted octanol–water partition coefficient (Wildman–Crippen LogP) is 2.59. The lowest BCUT2D eigenvalue weighted by atomic mass is 10.1. The second-order valence-electron chi connectivity index (χ2n) is 4.33. The molecule has 94 valence electrons. The highest BCUT2D eigenvalue weighted by molar-refractivity contribution is 5.95. The SMILES string of the molecule is CCCC(C)N(C)c1cc(N)ccc1C(=O)O. The summed E-state index contributed by atoms with van der Waals surface area (Å²) in [7, 11) is 1.90. The number of aromatic carboxylic acids is 1. The van der Waals surface area contributed by atoms with Crippen molar-refractivity contribution < 1.29 is 9.90 Å². The van der Waals surface area contributed by atoms with Crippen molar-refractivity contribution in [1.29, 1.82) is 0 Å². The Kier molecular flexibility index (Phi) is 4.37. The fraction of sp³-hybridized carbons (Fsp3) is 0.462. The summed E-state index contributed by atoms with van der Waals surface area (Å²) >= 11 is 0. The van der Waals surface area contributed by atoms with Crippen molar-refractivity contribution in [1.82, 2.24) is 0 Å². The molecule has 4 nitrogen and oxygen atoms in total. The van der Waals surface area contributed by atoms with Gasteiger partial charge in [0.05, 0.1) is 11.3 Å². The summed E-state index contributed by atoms with van der Waals surface area (Å²) in [6.45, 7) is 4.19. The van der Waals surface area contributed by atoms with Crippen molar-refractivity contribution >= 4 is 17.3 Å². The first kappa shape index (κ1) is 13.4. The van der Waals surface area contributed by atoms with Crippen LogP contribution in [0.2, 0.25) is 0 Å². The molecular weight excluding hydrogens is 216 g/mol. The molecule has 0 radical (unpaired) electrons.